The molecule has 0 spiro atoms. The minimum Gasteiger partial charge on any atom is -0.382 e. The molecule has 0 bridgehead atoms. The zero-order valence-electron chi connectivity index (χ0n) is 12.1. The summed E-state index contributed by atoms with van der Waals surface area (Å²) in [7, 11) is 1.65. The molecule has 1 saturated carbocycles. The molecule has 1 aliphatic carbocycles. The molecule has 1 fully saturated rings. The van der Waals surface area contributed by atoms with E-state index in [1.54, 1.807) is 7.05 Å². The standard InChI is InChI=1S/C16H24N2O/c1-16(2)10-4-5-14(11-16)18-13-8-6-12(7-9-13)15(19)17-3/h6-9,14,18H,4-5,10-11H2,1-3H3,(H,17,19). The van der Waals surface area contributed by atoms with Gasteiger partial charge in [0, 0.05) is 24.3 Å². The molecule has 19 heavy (non-hydrogen) atoms. The van der Waals surface area contributed by atoms with E-state index in [2.05, 4.69) is 24.5 Å². The SMILES string of the molecule is CNC(=O)c1ccc(NC2CCCC(C)(C)C2)cc1. The number of carbonyl (C=O) groups is 1. The van der Waals surface area contributed by atoms with E-state index in [9.17, 15) is 4.79 Å². The number of anilines is 1. The van der Waals surface area contributed by atoms with Crippen molar-refractivity contribution in [3.05, 3.63) is 29.8 Å². The number of carbonyl (C=O) groups excluding carboxylic acids is 1. The maximum atomic E-state index is 11.5. The number of benzene rings is 1. The first-order valence-corrected chi connectivity index (χ1v) is 7.09. The van der Waals surface area contributed by atoms with Crippen LogP contribution in [0.25, 0.3) is 0 Å². The van der Waals surface area contributed by atoms with Crippen LogP contribution in [0.4, 0.5) is 5.69 Å². The average Bonchev–Trinajstić information content (AvgIpc) is 2.37. The van der Waals surface area contributed by atoms with Crippen molar-refractivity contribution in [3.63, 3.8) is 0 Å². The van der Waals surface area contributed by atoms with Crippen molar-refractivity contribution in [3.8, 4) is 0 Å². The molecule has 1 atom stereocenters. The van der Waals surface area contributed by atoms with Crippen molar-refractivity contribution in [2.45, 2.75) is 45.6 Å². The summed E-state index contributed by atoms with van der Waals surface area (Å²) in [6.07, 6.45) is 5.06. The fraction of sp³-hybridized carbons (Fsp3) is 0.562. The first kappa shape index (κ1) is 13.9. The lowest BCUT2D eigenvalue weighted by Crippen LogP contribution is -2.31. The Morgan fingerprint density at radius 2 is 1.95 bits per heavy atom. The van der Waals surface area contributed by atoms with Crippen LogP contribution in [0.5, 0.6) is 0 Å². The topological polar surface area (TPSA) is 41.1 Å². The molecule has 1 aromatic rings. The molecule has 1 aliphatic rings. The van der Waals surface area contributed by atoms with E-state index in [1.165, 1.54) is 25.7 Å². The number of hydrogen-bond acceptors (Lipinski definition) is 2. The minimum atomic E-state index is -0.0367. The lowest BCUT2D eigenvalue weighted by molar-refractivity contribution is 0.0963. The molecule has 0 saturated heterocycles. The summed E-state index contributed by atoms with van der Waals surface area (Å²) >= 11 is 0. The number of nitrogens with one attached hydrogen (secondary N) is 2. The van der Waals surface area contributed by atoms with Crippen LogP contribution >= 0.6 is 0 Å². The molecule has 2 N–H and O–H groups in total. The van der Waals surface area contributed by atoms with Crippen molar-refractivity contribution >= 4 is 11.6 Å². The van der Waals surface area contributed by atoms with Crippen LogP contribution in [0.2, 0.25) is 0 Å². The monoisotopic (exact) mass is 260 g/mol. The first-order chi connectivity index (χ1) is 9.00. The third kappa shape index (κ3) is 3.72. The zero-order valence-corrected chi connectivity index (χ0v) is 12.1. The van der Waals surface area contributed by atoms with Crippen LogP contribution in [0.3, 0.4) is 0 Å². The third-order valence-corrected chi connectivity index (χ3v) is 3.95. The fourth-order valence-corrected chi connectivity index (χ4v) is 2.92. The molecular weight excluding hydrogens is 236 g/mol. The van der Waals surface area contributed by atoms with Gasteiger partial charge in [0.25, 0.3) is 5.91 Å². The fourth-order valence-electron chi connectivity index (χ4n) is 2.92. The summed E-state index contributed by atoms with van der Waals surface area (Å²) in [6, 6.07) is 8.28. The minimum absolute atomic E-state index is 0.0367. The largest absolute Gasteiger partial charge is 0.382 e. The van der Waals surface area contributed by atoms with Crippen LogP contribution < -0.4 is 10.6 Å². The van der Waals surface area contributed by atoms with E-state index in [4.69, 9.17) is 0 Å². The Labute approximate surface area is 115 Å². The van der Waals surface area contributed by atoms with Crippen LogP contribution in [-0.4, -0.2) is 19.0 Å². The van der Waals surface area contributed by atoms with Crippen LogP contribution in [0.15, 0.2) is 24.3 Å². The summed E-state index contributed by atoms with van der Waals surface area (Å²) < 4.78 is 0. The second kappa shape index (κ2) is 5.64. The van der Waals surface area contributed by atoms with E-state index in [0.29, 0.717) is 17.0 Å². The summed E-state index contributed by atoms with van der Waals surface area (Å²) in [5.74, 6) is -0.0367. The maximum absolute atomic E-state index is 11.5. The van der Waals surface area contributed by atoms with Gasteiger partial charge in [-0.2, -0.15) is 0 Å². The highest BCUT2D eigenvalue weighted by Crippen LogP contribution is 2.36. The van der Waals surface area contributed by atoms with Crippen molar-refractivity contribution in [1.82, 2.24) is 5.32 Å². The van der Waals surface area contributed by atoms with Crippen LogP contribution in [0.1, 0.15) is 49.9 Å². The zero-order chi connectivity index (χ0) is 13.9. The number of hydrogen-bond donors (Lipinski definition) is 2. The number of amides is 1. The number of rotatable bonds is 3. The molecular formula is C16H24N2O. The maximum Gasteiger partial charge on any atom is 0.251 e. The van der Waals surface area contributed by atoms with Gasteiger partial charge in [-0.1, -0.05) is 20.3 Å². The molecule has 1 unspecified atom stereocenters. The van der Waals surface area contributed by atoms with Crippen molar-refractivity contribution in [1.29, 1.82) is 0 Å². The van der Waals surface area contributed by atoms with Gasteiger partial charge >= 0.3 is 0 Å². The average molecular weight is 260 g/mol. The molecule has 0 aromatic heterocycles. The Bertz CT molecular complexity index is 437. The smallest absolute Gasteiger partial charge is 0.251 e. The molecule has 1 aromatic carbocycles. The molecule has 3 nitrogen and oxygen atoms in total. The van der Waals surface area contributed by atoms with Gasteiger partial charge in [-0.3, -0.25) is 4.79 Å². The molecule has 104 valence electrons. The van der Waals surface area contributed by atoms with Crippen molar-refractivity contribution in [2.24, 2.45) is 5.41 Å². The van der Waals surface area contributed by atoms with Crippen LogP contribution in [-0.2, 0) is 0 Å². The van der Waals surface area contributed by atoms with Crippen molar-refractivity contribution < 1.29 is 4.79 Å². The van der Waals surface area contributed by atoms with E-state index in [-0.39, 0.29) is 5.91 Å². The van der Waals surface area contributed by atoms with Gasteiger partial charge in [-0.05, 0) is 48.9 Å². The lowest BCUT2D eigenvalue weighted by atomic mass is 9.75. The van der Waals surface area contributed by atoms with Gasteiger partial charge in [0.1, 0.15) is 0 Å². The Hall–Kier alpha value is -1.51. The highest BCUT2D eigenvalue weighted by atomic mass is 16.1. The Morgan fingerprint density at radius 1 is 1.26 bits per heavy atom. The van der Waals surface area contributed by atoms with E-state index in [1.807, 2.05) is 24.3 Å². The predicted molar refractivity (Wildman–Crippen MR) is 79.5 cm³/mol. The summed E-state index contributed by atoms with van der Waals surface area (Å²) in [5.41, 5.74) is 2.25. The lowest BCUT2D eigenvalue weighted by Gasteiger charge is -2.36. The van der Waals surface area contributed by atoms with Gasteiger partial charge < -0.3 is 10.6 Å². The first-order valence-electron chi connectivity index (χ1n) is 7.09. The van der Waals surface area contributed by atoms with Gasteiger partial charge in [-0.25, -0.2) is 0 Å². The second-order valence-electron chi connectivity index (χ2n) is 6.26. The quantitative estimate of drug-likeness (QED) is 0.874. The molecule has 1 amide bonds. The van der Waals surface area contributed by atoms with E-state index in [0.717, 1.165) is 5.69 Å². The molecule has 2 rings (SSSR count). The van der Waals surface area contributed by atoms with Gasteiger partial charge in [-0.15, -0.1) is 0 Å². The molecule has 0 heterocycles. The molecule has 3 heteroatoms. The van der Waals surface area contributed by atoms with Gasteiger partial charge in [0.05, 0.1) is 0 Å². The van der Waals surface area contributed by atoms with Crippen LogP contribution in [0, 0.1) is 5.41 Å². The predicted octanol–water partition coefficient (Wildman–Crippen LogP) is 3.43. The molecule has 0 radical (unpaired) electrons. The Morgan fingerprint density at radius 3 is 2.53 bits per heavy atom. The van der Waals surface area contributed by atoms with E-state index < -0.39 is 0 Å². The highest BCUT2D eigenvalue weighted by molar-refractivity contribution is 5.94. The van der Waals surface area contributed by atoms with E-state index >= 15 is 0 Å². The molecule has 0 aliphatic heterocycles. The summed E-state index contributed by atoms with van der Waals surface area (Å²) in [6.45, 7) is 4.69. The third-order valence-electron chi connectivity index (χ3n) is 3.95. The highest BCUT2D eigenvalue weighted by Gasteiger charge is 2.27. The van der Waals surface area contributed by atoms with Gasteiger partial charge in [0.2, 0.25) is 0 Å². The second-order valence-corrected chi connectivity index (χ2v) is 6.26. The summed E-state index contributed by atoms with van der Waals surface area (Å²) in [5, 5.41) is 6.22. The van der Waals surface area contributed by atoms with Gasteiger partial charge in [0.15, 0.2) is 0 Å². The Balaban J connectivity index is 1.98. The Kier molecular flexibility index (Phi) is 4.13. The summed E-state index contributed by atoms with van der Waals surface area (Å²) in [4.78, 5) is 11.5. The normalized spacial score (nSPS) is 21.7. The van der Waals surface area contributed by atoms with Crippen molar-refractivity contribution in [2.75, 3.05) is 12.4 Å².